The van der Waals surface area contributed by atoms with E-state index in [4.69, 9.17) is 10.5 Å². The number of hydrogen-bond acceptors (Lipinski definition) is 3. The van der Waals surface area contributed by atoms with E-state index in [1.54, 1.807) is 0 Å². The number of nitrogens with two attached hydrogens (primary N) is 1. The Balaban J connectivity index is 2.84. The molecule has 1 amide bonds. The molecule has 1 aromatic carbocycles. The summed E-state index contributed by atoms with van der Waals surface area (Å²) < 4.78 is 5.98. The van der Waals surface area contributed by atoms with Crippen LogP contribution in [0.5, 0.6) is 0 Å². The SMILES string of the molecule is CC(N)c1ccc(Br)c(NC(=O)OC(C)(C)C)c1. The summed E-state index contributed by atoms with van der Waals surface area (Å²) in [6.45, 7) is 7.35. The van der Waals surface area contributed by atoms with Crippen LogP contribution in [0.15, 0.2) is 22.7 Å². The maximum Gasteiger partial charge on any atom is 0.412 e. The lowest BCUT2D eigenvalue weighted by Crippen LogP contribution is -2.27. The second-order valence-electron chi connectivity index (χ2n) is 5.15. The number of carbonyl (C=O) groups excluding carboxylic acids is 1. The number of benzene rings is 1. The molecule has 4 nitrogen and oxygen atoms in total. The molecule has 0 aromatic heterocycles. The van der Waals surface area contributed by atoms with Crippen molar-refractivity contribution < 1.29 is 9.53 Å². The zero-order chi connectivity index (χ0) is 13.9. The molecule has 1 aromatic rings. The van der Waals surface area contributed by atoms with Gasteiger partial charge < -0.3 is 10.5 Å². The van der Waals surface area contributed by atoms with Gasteiger partial charge in [0, 0.05) is 10.5 Å². The fourth-order valence-corrected chi connectivity index (χ4v) is 1.68. The Kier molecular flexibility index (Phi) is 4.76. The average molecular weight is 315 g/mol. The van der Waals surface area contributed by atoms with Crippen molar-refractivity contribution in [1.82, 2.24) is 0 Å². The molecule has 0 aliphatic rings. The molecule has 5 heteroatoms. The highest BCUT2D eigenvalue weighted by Gasteiger charge is 2.17. The van der Waals surface area contributed by atoms with Gasteiger partial charge in [-0.15, -0.1) is 0 Å². The van der Waals surface area contributed by atoms with Crippen LogP contribution in [0.3, 0.4) is 0 Å². The molecule has 0 saturated heterocycles. The third-order valence-electron chi connectivity index (χ3n) is 2.15. The van der Waals surface area contributed by atoms with Crippen LogP contribution in [-0.2, 0) is 4.74 Å². The molecule has 0 saturated carbocycles. The van der Waals surface area contributed by atoms with Crippen molar-refractivity contribution in [2.24, 2.45) is 5.73 Å². The second kappa shape index (κ2) is 5.71. The van der Waals surface area contributed by atoms with Crippen molar-refractivity contribution in [1.29, 1.82) is 0 Å². The predicted molar refractivity (Wildman–Crippen MR) is 76.6 cm³/mol. The molecule has 3 N–H and O–H groups in total. The van der Waals surface area contributed by atoms with Crippen molar-refractivity contribution >= 4 is 27.7 Å². The zero-order valence-corrected chi connectivity index (χ0v) is 12.7. The van der Waals surface area contributed by atoms with Crippen LogP contribution in [0.4, 0.5) is 10.5 Å². The first-order chi connectivity index (χ1) is 8.19. The first-order valence-corrected chi connectivity index (χ1v) is 6.53. The number of ether oxygens (including phenoxy) is 1. The van der Waals surface area contributed by atoms with Crippen LogP contribution in [0, 0.1) is 0 Å². The van der Waals surface area contributed by atoms with Gasteiger partial charge in [-0.1, -0.05) is 6.07 Å². The second-order valence-corrected chi connectivity index (χ2v) is 6.01. The van der Waals surface area contributed by atoms with Crippen LogP contribution in [0.2, 0.25) is 0 Å². The maximum atomic E-state index is 11.7. The van der Waals surface area contributed by atoms with Gasteiger partial charge in [-0.3, -0.25) is 5.32 Å². The Morgan fingerprint density at radius 1 is 1.44 bits per heavy atom. The Morgan fingerprint density at radius 2 is 2.06 bits per heavy atom. The van der Waals surface area contributed by atoms with Crippen LogP contribution in [0.1, 0.15) is 39.3 Å². The number of anilines is 1. The summed E-state index contributed by atoms with van der Waals surface area (Å²) >= 11 is 3.38. The van der Waals surface area contributed by atoms with E-state index in [0.29, 0.717) is 5.69 Å². The standard InChI is InChI=1S/C13H19BrN2O2/c1-8(15)9-5-6-10(14)11(7-9)16-12(17)18-13(2,3)4/h5-8H,15H2,1-4H3,(H,16,17). The van der Waals surface area contributed by atoms with E-state index in [1.165, 1.54) is 0 Å². The monoisotopic (exact) mass is 314 g/mol. The van der Waals surface area contributed by atoms with Gasteiger partial charge in [0.05, 0.1) is 5.69 Å². The molecule has 1 atom stereocenters. The summed E-state index contributed by atoms with van der Waals surface area (Å²) in [5, 5.41) is 2.70. The number of nitrogens with one attached hydrogen (secondary N) is 1. The fourth-order valence-electron chi connectivity index (χ4n) is 1.34. The van der Waals surface area contributed by atoms with E-state index >= 15 is 0 Å². The Labute approximate surface area is 116 Å². The molecule has 0 fully saturated rings. The van der Waals surface area contributed by atoms with Crippen LogP contribution < -0.4 is 11.1 Å². The fraction of sp³-hybridized carbons (Fsp3) is 0.462. The first kappa shape index (κ1) is 15.0. The van der Waals surface area contributed by atoms with Gasteiger partial charge in [-0.2, -0.15) is 0 Å². The summed E-state index contributed by atoms with van der Waals surface area (Å²) in [4.78, 5) is 11.7. The van der Waals surface area contributed by atoms with Crippen LogP contribution >= 0.6 is 15.9 Å². The van der Waals surface area contributed by atoms with E-state index in [9.17, 15) is 4.79 Å². The Hall–Kier alpha value is -1.07. The Bertz CT molecular complexity index is 439. The molecule has 0 radical (unpaired) electrons. The van der Waals surface area contributed by atoms with E-state index in [2.05, 4.69) is 21.2 Å². The van der Waals surface area contributed by atoms with Crippen molar-refractivity contribution in [2.45, 2.75) is 39.3 Å². The lowest BCUT2D eigenvalue weighted by molar-refractivity contribution is 0.0636. The topological polar surface area (TPSA) is 64.3 Å². The van der Waals surface area contributed by atoms with Gasteiger partial charge in [-0.05, 0) is 61.3 Å². The minimum Gasteiger partial charge on any atom is -0.444 e. The number of hydrogen-bond donors (Lipinski definition) is 2. The lowest BCUT2D eigenvalue weighted by atomic mass is 10.1. The third-order valence-corrected chi connectivity index (χ3v) is 2.84. The molecule has 0 aliphatic heterocycles. The van der Waals surface area contributed by atoms with Crippen LogP contribution in [-0.4, -0.2) is 11.7 Å². The number of carbonyl (C=O) groups is 1. The molecule has 0 heterocycles. The van der Waals surface area contributed by atoms with Crippen molar-refractivity contribution in [3.63, 3.8) is 0 Å². The summed E-state index contributed by atoms with van der Waals surface area (Å²) in [5.74, 6) is 0. The molecule has 0 bridgehead atoms. The molecule has 1 unspecified atom stereocenters. The summed E-state index contributed by atoms with van der Waals surface area (Å²) in [7, 11) is 0. The normalized spacial score (nSPS) is 13.0. The average Bonchev–Trinajstić information content (AvgIpc) is 2.18. The van der Waals surface area contributed by atoms with Gasteiger partial charge in [-0.25, -0.2) is 4.79 Å². The van der Waals surface area contributed by atoms with E-state index in [-0.39, 0.29) is 6.04 Å². The molecule has 1 rings (SSSR count). The highest BCUT2D eigenvalue weighted by Crippen LogP contribution is 2.26. The minimum absolute atomic E-state index is 0.0858. The van der Waals surface area contributed by atoms with E-state index in [0.717, 1.165) is 10.0 Å². The first-order valence-electron chi connectivity index (χ1n) is 5.74. The van der Waals surface area contributed by atoms with E-state index < -0.39 is 11.7 Å². The molecular formula is C13H19BrN2O2. The van der Waals surface area contributed by atoms with E-state index in [1.807, 2.05) is 45.9 Å². The highest BCUT2D eigenvalue weighted by molar-refractivity contribution is 9.10. The van der Waals surface area contributed by atoms with Gasteiger partial charge >= 0.3 is 6.09 Å². The lowest BCUT2D eigenvalue weighted by Gasteiger charge is -2.20. The van der Waals surface area contributed by atoms with Crippen molar-refractivity contribution in [3.05, 3.63) is 28.2 Å². The minimum atomic E-state index is -0.519. The van der Waals surface area contributed by atoms with Gasteiger partial charge in [0.15, 0.2) is 0 Å². The summed E-state index contributed by atoms with van der Waals surface area (Å²) in [6.07, 6.45) is -0.481. The zero-order valence-electron chi connectivity index (χ0n) is 11.1. The maximum absolute atomic E-state index is 11.7. The molecule has 100 valence electrons. The molecular weight excluding hydrogens is 296 g/mol. The quantitative estimate of drug-likeness (QED) is 0.872. The molecule has 0 spiro atoms. The van der Waals surface area contributed by atoms with Crippen molar-refractivity contribution in [2.75, 3.05) is 5.32 Å². The number of rotatable bonds is 2. The smallest absolute Gasteiger partial charge is 0.412 e. The van der Waals surface area contributed by atoms with Crippen molar-refractivity contribution in [3.8, 4) is 0 Å². The third kappa shape index (κ3) is 4.66. The molecule has 0 aliphatic carbocycles. The molecule has 18 heavy (non-hydrogen) atoms. The van der Waals surface area contributed by atoms with Crippen LogP contribution in [0.25, 0.3) is 0 Å². The van der Waals surface area contributed by atoms with Gasteiger partial charge in [0.1, 0.15) is 5.60 Å². The number of amides is 1. The highest BCUT2D eigenvalue weighted by atomic mass is 79.9. The summed E-state index contributed by atoms with van der Waals surface area (Å²) in [5.41, 5.74) is 6.89. The summed E-state index contributed by atoms with van der Waals surface area (Å²) in [6, 6.07) is 5.51. The largest absolute Gasteiger partial charge is 0.444 e. The van der Waals surface area contributed by atoms with Gasteiger partial charge in [0.25, 0.3) is 0 Å². The number of halogens is 1. The predicted octanol–water partition coefficient (Wildman–Crippen LogP) is 3.82. The van der Waals surface area contributed by atoms with Gasteiger partial charge in [0.2, 0.25) is 0 Å². The Morgan fingerprint density at radius 3 is 2.56 bits per heavy atom.